The van der Waals surface area contributed by atoms with E-state index in [1.807, 2.05) is 24.3 Å². The molecule has 0 aliphatic heterocycles. The fourth-order valence-electron chi connectivity index (χ4n) is 5.26. The van der Waals surface area contributed by atoms with Crippen LogP contribution in [0.1, 0.15) is 48.7 Å². The topological polar surface area (TPSA) is 111 Å². The van der Waals surface area contributed by atoms with Gasteiger partial charge in [-0.15, -0.1) is 0 Å². The van der Waals surface area contributed by atoms with Gasteiger partial charge in [-0.2, -0.15) is 13.2 Å². The molecular formula is C28H26ClF3N6O3. The lowest BCUT2D eigenvalue weighted by atomic mass is 9.85. The minimum Gasteiger partial charge on any atom is -0.349 e. The van der Waals surface area contributed by atoms with Crippen molar-refractivity contribution in [3.8, 4) is 5.69 Å². The number of benzene rings is 1. The number of carbonyl (C=O) groups excluding carboxylic acids is 2. The van der Waals surface area contributed by atoms with E-state index >= 15 is 0 Å². The predicted octanol–water partition coefficient (Wildman–Crippen LogP) is 5.20. The van der Waals surface area contributed by atoms with Crippen LogP contribution in [-0.2, 0) is 17.5 Å². The minimum atomic E-state index is -4.79. The van der Waals surface area contributed by atoms with E-state index in [1.54, 1.807) is 21.3 Å². The molecule has 214 valence electrons. The van der Waals surface area contributed by atoms with E-state index in [0.717, 1.165) is 17.8 Å². The molecule has 0 radical (unpaired) electrons. The fraction of sp³-hybridized carbons (Fsp3) is 0.321. The molecule has 1 aliphatic rings. The summed E-state index contributed by atoms with van der Waals surface area (Å²) >= 11 is 5.81. The third-order valence-electron chi connectivity index (χ3n) is 7.14. The maximum absolute atomic E-state index is 13.6. The monoisotopic (exact) mass is 586 g/mol. The highest BCUT2D eigenvalue weighted by Crippen LogP contribution is 2.32. The Bertz CT molecular complexity index is 1660. The van der Waals surface area contributed by atoms with Crippen LogP contribution >= 0.6 is 11.6 Å². The second kappa shape index (κ2) is 11.4. The second-order valence-electron chi connectivity index (χ2n) is 10.0. The summed E-state index contributed by atoms with van der Waals surface area (Å²) in [6.07, 6.45) is 0.0411. The van der Waals surface area contributed by atoms with Gasteiger partial charge in [0.1, 0.15) is 5.82 Å². The number of hydrogen-bond acceptors (Lipinski definition) is 5. The molecule has 2 N–H and O–H groups in total. The van der Waals surface area contributed by atoms with Gasteiger partial charge >= 0.3 is 11.9 Å². The smallest absolute Gasteiger partial charge is 0.349 e. The number of pyridine rings is 2. The number of imidazole rings is 1. The Morgan fingerprint density at radius 3 is 2.37 bits per heavy atom. The molecule has 1 fully saturated rings. The van der Waals surface area contributed by atoms with Crippen LogP contribution in [-0.4, -0.2) is 37.0 Å². The molecule has 0 spiro atoms. The first kappa shape index (κ1) is 28.3. The summed E-state index contributed by atoms with van der Waals surface area (Å²) in [5, 5.41) is 5.24. The number of fused-ring (bicyclic) bond motifs is 1. The SMILES string of the molecule is CC(=O)Nc1ccc(-n2c(=O)n(C[C@H]3CC[C@H](NC(=O)c4cc(Cl)cnc4C(F)(F)F)CC3)c3ccccc32)cn1. The van der Waals surface area contributed by atoms with Gasteiger partial charge in [0.2, 0.25) is 5.91 Å². The van der Waals surface area contributed by atoms with Crippen molar-refractivity contribution in [1.82, 2.24) is 24.4 Å². The zero-order valence-corrected chi connectivity index (χ0v) is 22.7. The van der Waals surface area contributed by atoms with Crippen molar-refractivity contribution in [2.45, 2.75) is 51.4 Å². The summed E-state index contributed by atoms with van der Waals surface area (Å²) in [5.74, 6) is -0.615. The zero-order chi connectivity index (χ0) is 29.3. The van der Waals surface area contributed by atoms with E-state index in [0.29, 0.717) is 49.2 Å². The summed E-state index contributed by atoms with van der Waals surface area (Å²) in [5.41, 5.74) is -0.0898. The molecule has 1 saturated carbocycles. The van der Waals surface area contributed by atoms with Crippen molar-refractivity contribution in [1.29, 1.82) is 0 Å². The number of alkyl halides is 3. The molecule has 13 heteroatoms. The van der Waals surface area contributed by atoms with E-state index in [4.69, 9.17) is 11.6 Å². The molecular weight excluding hydrogens is 561 g/mol. The van der Waals surface area contributed by atoms with Crippen LogP contribution in [0.2, 0.25) is 5.02 Å². The van der Waals surface area contributed by atoms with Gasteiger partial charge in [-0.1, -0.05) is 23.7 Å². The molecule has 1 aliphatic carbocycles. The number of rotatable bonds is 6. The first-order valence-electron chi connectivity index (χ1n) is 13.0. The molecule has 0 bridgehead atoms. The van der Waals surface area contributed by atoms with E-state index in [-0.39, 0.29) is 28.6 Å². The summed E-state index contributed by atoms with van der Waals surface area (Å²) in [6, 6.07) is 11.4. The number of hydrogen-bond donors (Lipinski definition) is 2. The maximum Gasteiger partial charge on any atom is 0.434 e. The third-order valence-corrected chi connectivity index (χ3v) is 7.34. The van der Waals surface area contributed by atoms with Crippen LogP contribution in [0.3, 0.4) is 0 Å². The molecule has 41 heavy (non-hydrogen) atoms. The largest absolute Gasteiger partial charge is 0.434 e. The van der Waals surface area contributed by atoms with E-state index < -0.39 is 23.3 Å². The van der Waals surface area contributed by atoms with Gasteiger partial charge in [0, 0.05) is 25.7 Å². The first-order chi connectivity index (χ1) is 19.5. The summed E-state index contributed by atoms with van der Waals surface area (Å²) in [4.78, 5) is 45.2. The molecule has 2 amide bonds. The van der Waals surface area contributed by atoms with Crippen molar-refractivity contribution in [2.24, 2.45) is 5.92 Å². The number of anilines is 1. The van der Waals surface area contributed by atoms with Crippen LogP contribution in [0.15, 0.2) is 59.7 Å². The van der Waals surface area contributed by atoms with Gasteiger partial charge in [0.15, 0.2) is 5.69 Å². The fourth-order valence-corrected chi connectivity index (χ4v) is 5.41. The first-order valence-corrected chi connectivity index (χ1v) is 13.4. The molecule has 1 aromatic carbocycles. The lowest BCUT2D eigenvalue weighted by molar-refractivity contribution is -0.141. The van der Waals surface area contributed by atoms with Gasteiger partial charge in [0.25, 0.3) is 5.91 Å². The van der Waals surface area contributed by atoms with Crippen LogP contribution in [0.5, 0.6) is 0 Å². The normalized spacial score (nSPS) is 17.4. The third kappa shape index (κ3) is 6.12. The Morgan fingerprint density at radius 1 is 1.02 bits per heavy atom. The Kier molecular flexibility index (Phi) is 7.85. The number of carbonyl (C=O) groups is 2. The highest BCUT2D eigenvalue weighted by atomic mass is 35.5. The summed E-state index contributed by atoms with van der Waals surface area (Å²) < 4.78 is 43.4. The second-order valence-corrected chi connectivity index (χ2v) is 10.5. The van der Waals surface area contributed by atoms with Crippen molar-refractivity contribution in [2.75, 3.05) is 5.32 Å². The maximum atomic E-state index is 13.6. The van der Waals surface area contributed by atoms with Gasteiger partial charge in [-0.05, 0) is 61.9 Å². The van der Waals surface area contributed by atoms with E-state index in [2.05, 4.69) is 20.6 Å². The Balaban J connectivity index is 1.30. The molecule has 0 unspecified atom stereocenters. The lowest BCUT2D eigenvalue weighted by Gasteiger charge is -2.29. The standard InChI is InChI=1S/C28H26ClF3N6O3/c1-16(39)35-24-11-10-20(14-33-24)38-23-5-3-2-4-22(23)37(27(38)41)15-17-6-8-19(9-7-17)36-26(40)21-12-18(29)13-34-25(21)28(30,31)32/h2-5,10-14,17,19H,6-9,15H2,1H3,(H,36,40)(H,33,35,39)/t17-,19-. The van der Waals surface area contributed by atoms with E-state index in [9.17, 15) is 27.6 Å². The number of nitrogens with one attached hydrogen (secondary N) is 2. The van der Waals surface area contributed by atoms with Crippen molar-refractivity contribution >= 4 is 40.3 Å². The number of aromatic nitrogens is 4. The van der Waals surface area contributed by atoms with Gasteiger partial charge in [-0.3, -0.25) is 18.7 Å². The van der Waals surface area contributed by atoms with Crippen molar-refractivity contribution in [3.63, 3.8) is 0 Å². The van der Waals surface area contributed by atoms with Crippen molar-refractivity contribution < 1.29 is 22.8 Å². The molecule has 3 aromatic heterocycles. The number of halogens is 4. The minimum absolute atomic E-state index is 0.0593. The van der Waals surface area contributed by atoms with E-state index in [1.165, 1.54) is 13.1 Å². The van der Waals surface area contributed by atoms with Gasteiger partial charge in [-0.25, -0.2) is 14.8 Å². The van der Waals surface area contributed by atoms with Gasteiger partial charge < -0.3 is 10.6 Å². The summed E-state index contributed by atoms with van der Waals surface area (Å²) in [7, 11) is 0. The zero-order valence-electron chi connectivity index (χ0n) is 21.9. The average Bonchev–Trinajstić information content (AvgIpc) is 3.20. The molecule has 5 rings (SSSR count). The van der Waals surface area contributed by atoms with Crippen LogP contribution < -0.4 is 16.3 Å². The Hall–Kier alpha value is -4.19. The molecule has 3 heterocycles. The number of para-hydroxylation sites is 2. The van der Waals surface area contributed by atoms with Gasteiger partial charge in [0.05, 0.1) is 33.5 Å². The quantitative estimate of drug-likeness (QED) is 0.323. The highest BCUT2D eigenvalue weighted by Gasteiger charge is 2.38. The number of nitrogens with zero attached hydrogens (tertiary/aromatic N) is 4. The molecule has 0 saturated heterocycles. The van der Waals surface area contributed by atoms with Crippen LogP contribution in [0, 0.1) is 5.92 Å². The predicted molar refractivity (Wildman–Crippen MR) is 147 cm³/mol. The molecule has 0 atom stereocenters. The van der Waals surface area contributed by atoms with Crippen molar-refractivity contribution in [3.05, 3.63) is 81.6 Å². The lowest BCUT2D eigenvalue weighted by Crippen LogP contribution is -2.39. The Morgan fingerprint density at radius 2 is 1.73 bits per heavy atom. The molecule has 9 nitrogen and oxygen atoms in total. The van der Waals surface area contributed by atoms with Crippen LogP contribution in [0.4, 0.5) is 19.0 Å². The average molecular weight is 587 g/mol. The van der Waals surface area contributed by atoms with Crippen LogP contribution in [0.25, 0.3) is 16.7 Å². The summed E-state index contributed by atoms with van der Waals surface area (Å²) in [6.45, 7) is 1.83. The number of amides is 2. The Labute approximate surface area is 237 Å². The molecule has 4 aromatic rings. The highest BCUT2D eigenvalue weighted by molar-refractivity contribution is 6.30.